The molecule has 15 heavy (non-hydrogen) atoms. The first kappa shape index (κ1) is 10.7. The normalized spacial score (nSPS) is 21.8. The molecule has 0 spiro atoms. The lowest BCUT2D eigenvalue weighted by molar-refractivity contribution is 0.485. The Morgan fingerprint density at radius 3 is 3.13 bits per heavy atom. The van der Waals surface area contributed by atoms with Crippen LogP contribution in [0.25, 0.3) is 0 Å². The standard InChI is InChI=1S/C11H16ClN3/c1-8-7-15(6-5-13-8)10-3-4-14-9(2)11(10)12/h3-4,8,13H,5-7H2,1-2H3/t8-/m0/s1. The van der Waals surface area contributed by atoms with E-state index < -0.39 is 0 Å². The number of piperazine rings is 1. The first-order valence-corrected chi connectivity index (χ1v) is 5.65. The van der Waals surface area contributed by atoms with E-state index >= 15 is 0 Å². The highest BCUT2D eigenvalue weighted by Gasteiger charge is 2.18. The van der Waals surface area contributed by atoms with Gasteiger partial charge in [-0.3, -0.25) is 4.98 Å². The highest BCUT2D eigenvalue weighted by Crippen LogP contribution is 2.27. The van der Waals surface area contributed by atoms with Crippen LogP contribution in [0.5, 0.6) is 0 Å². The molecule has 0 radical (unpaired) electrons. The molecule has 3 nitrogen and oxygen atoms in total. The van der Waals surface area contributed by atoms with Crippen molar-refractivity contribution in [1.82, 2.24) is 10.3 Å². The van der Waals surface area contributed by atoms with E-state index in [9.17, 15) is 0 Å². The van der Waals surface area contributed by atoms with Gasteiger partial charge < -0.3 is 10.2 Å². The van der Waals surface area contributed by atoms with Gasteiger partial charge in [0.1, 0.15) is 0 Å². The average Bonchev–Trinajstić information content (AvgIpc) is 2.22. The second kappa shape index (κ2) is 4.37. The number of nitrogens with one attached hydrogen (secondary N) is 1. The number of aromatic nitrogens is 1. The Hall–Kier alpha value is -0.800. The third-order valence-corrected chi connectivity index (χ3v) is 3.22. The number of pyridine rings is 1. The Balaban J connectivity index is 2.24. The van der Waals surface area contributed by atoms with Gasteiger partial charge in [-0.15, -0.1) is 0 Å². The van der Waals surface area contributed by atoms with Crippen LogP contribution in [-0.2, 0) is 0 Å². The van der Waals surface area contributed by atoms with Crippen molar-refractivity contribution in [2.45, 2.75) is 19.9 Å². The molecule has 1 fully saturated rings. The van der Waals surface area contributed by atoms with E-state index in [1.54, 1.807) is 0 Å². The van der Waals surface area contributed by atoms with Crippen LogP contribution in [0.15, 0.2) is 12.3 Å². The Morgan fingerprint density at radius 1 is 1.60 bits per heavy atom. The molecule has 0 saturated carbocycles. The summed E-state index contributed by atoms with van der Waals surface area (Å²) in [6.45, 7) is 7.15. The van der Waals surface area contributed by atoms with Crippen molar-refractivity contribution < 1.29 is 0 Å². The highest BCUT2D eigenvalue weighted by atomic mass is 35.5. The van der Waals surface area contributed by atoms with Gasteiger partial charge in [-0.05, 0) is 19.9 Å². The number of hydrogen-bond donors (Lipinski definition) is 1. The van der Waals surface area contributed by atoms with Crippen molar-refractivity contribution in [1.29, 1.82) is 0 Å². The van der Waals surface area contributed by atoms with Crippen LogP contribution < -0.4 is 10.2 Å². The van der Waals surface area contributed by atoms with Gasteiger partial charge >= 0.3 is 0 Å². The summed E-state index contributed by atoms with van der Waals surface area (Å²) < 4.78 is 0. The smallest absolute Gasteiger partial charge is 0.0851 e. The minimum absolute atomic E-state index is 0.517. The summed E-state index contributed by atoms with van der Waals surface area (Å²) in [5.41, 5.74) is 2.01. The topological polar surface area (TPSA) is 28.2 Å². The summed E-state index contributed by atoms with van der Waals surface area (Å²) in [6, 6.07) is 2.51. The number of anilines is 1. The molecule has 1 aliphatic rings. The number of aryl methyl sites for hydroxylation is 1. The molecule has 0 amide bonds. The van der Waals surface area contributed by atoms with E-state index in [0.29, 0.717) is 6.04 Å². The Morgan fingerprint density at radius 2 is 2.40 bits per heavy atom. The predicted molar refractivity (Wildman–Crippen MR) is 63.7 cm³/mol. The lowest BCUT2D eigenvalue weighted by Crippen LogP contribution is -2.49. The maximum absolute atomic E-state index is 6.25. The molecule has 1 atom stereocenters. The molecule has 0 unspecified atom stereocenters. The molecule has 1 aliphatic heterocycles. The first-order chi connectivity index (χ1) is 7.18. The van der Waals surface area contributed by atoms with Crippen molar-refractivity contribution in [3.8, 4) is 0 Å². The van der Waals surface area contributed by atoms with Gasteiger partial charge in [0.15, 0.2) is 0 Å². The van der Waals surface area contributed by atoms with Gasteiger partial charge in [0.25, 0.3) is 0 Å². The number of rotatable bonds is 1. The predicted octanol–water partition coefficient (Wildman–Crippen LogP) is 1.84. The van der Waals surface area contributed by atoms with E-state index in [1.807, 2.05) is 19.2 Å². The fourth-order valence-corrected chi connectivity index (χ4v) is 2.16. The van der Waals surface area contributed by atoms with Crippen molar-refractivity contribution in [2.75, 3.05) is 24.5 Å². The molecule has 1 aromatic heterocycles. The maximum Gasteiger partial charge on any atom is 0.0851 e. The summed E-state index contributed by atoms with van der Waals surface area (Å²) >= 11 is 6.25. The molecule has 0 aromatic carbocycles. The van der Waals surface area contributed by atoms with E-state index in [-0.39, 0.29) is 0 Å². The minimum Gasteiger partial charge on any atom is -0.367 e. The van der Waals surface area contributed by atoms with Gasteiger partial charge in [-0.25, -0.2) is 0 Å². The van der Waals surface area contributed by atoms with Crippen LogP contribution in [0, 0.1) is 6.92 Å². The monoisotopic (exact) mass is 225 g/mol. The van der Waals surface area contributed by atoms with Crippen molar-refractivity contribution in [3.05, 3.63) is 23.0 Å². The lowest BCUT2D eigenvalue weighted by atomic mass is 10.2. The summed E-state index contributed by atoms with van der Waals surface area (Å²) in [5.74, 6) is 0. The number of hydrogen-bond acceptors (Lipinski definition) is 3. The summed E-state index contributed by atoms with van der Waals surface area (Å²) in [6.07, 6.45) is 1.82. The highest BCUT2D eigenvalue weighted by molar-refractivity contribution is 6.33. The fourth-order valence-electron chi connectivity index (χ4n) is 1.93. The molecule has 1 N–H and O–H groups in total. The third kappa shape index (κ3) is 2.24. The molecule has 1 saturated heterocycles. The van der Waals surface area contributed by atoms with E-state index in [1.165, 1.54) is 0 Å². The Kier molecular flexibility index (Phi) is 3.12. The Labute approximate surface area is 95.4 Å². The van der Waals surface area contributed by atoms with Crippen LogP contribution in [0.3, 0.4) is 0 Å². The minimum atomic E-state index is 0.517. The quantitative estimate of drug-likeness (QED) is 0.791. The molecule has 82 valence electrons. The van der Waals surface area contributed by atoms with E-state index in [4.69, 9.17) is 11.6 Å². The summed E-state index contributed by atoms with van der Waals surface area (Å²) in [4.78, 5) is 6.50. The largest absolute Gasteiger partial charge is 0.367 e. The van der Waals surface area contributed by atoms with E-state index in [2.05, 4.69) is 22.1 Å². The molecule has 1 aromatic rings. The van der Waals surface area contributed by atoms with Crippen LogP contribution >= 0.6 is 11.6 Å². The zero-order valence-electron chi connectivity index (χ0n) is 9.13. The molecule has 0 aliphatic carbocycles. The molecular weight excluding hydrogens is 210 g/mol. The third-order valence-electron chi connectivity index (χ3n) is 2.75. The van der Waals surface area contributed by atoms with Crippen LogP contribution in [0.1, 0.15) is 12.6 Å². The SMILES string of the molecule is Cc1nccc(N2CCN[C@@H](C)C2)c1Cl. The van der Waals surface area contributed by atoms with Gasteiger partial charge in [0.05, 0.1) is 16.4 Å². The zero-order chi connectivity index (χ0) is 10.8. The van der Waals surface area contributed by atoms with Gasteiger partial charge in [0.2, 0.25) is 0 Å². The van der Waals surface area contributed by atoms with Gasteiger partial charge in [-0.1, -0.05) is 11.6 Å². The number of halogens is 1. The van der Waals surface area contributed by atoms with E-state index in [0.717, 1.165) is 36.0 Å². The molecule has 4 heteroatoms. The summed E-state index contributed by atoms with van der Waals surface area (Å²) in [7, 11) is 0. The van der Waals surface area contributed by atoms with Crippen molar-refractivity contribution in [2.24, 2.45) is 0 Å². The second-order valence-corrected chi connectivity index (χ2v) is 4.41. The fraction of sp³-hybridized carbons (Fsp3) is 0.545. The maximum atomic E-state index is 6.25. The van der Waals surface area contributed by atoms with Crippen LogP contribution in [0.2, 0.25) is 5.02 Å². The van der Waals surface area contributed by atoms with Gasteiger partial charge in [0, 0.05) is 31.9 Å². The lowest BCUT2D eigenvalue weighted by Gasteiger charge is -2.34. The van der Waals surface area contributed by atoms with Crippen LogP contribution in [0.4, 0.5) is 5.69 Å². The molecule has 2 rings (SSSR count). The average molecular weight is 226 g/mol. The molecule has 2 heterocycles. The zero-order valence-corrected chi connectivity index (χ0v) is 9.88. The second-order valence-electron chi connectivity index (χ2n) is 4.03. The van der Waals surface area contributed by atoms with Crippen molar-refractivity contribution >= 4 is 17.3 Å². The van der Waals surface area contributed by atoms with Crippen molar-refractivity contribution in [3.63, 3.8) is 0 Å². The first-order valence-electron chi connectivity index (χ1n) is 5.28. The van der Waals surface area contributed by atoms with Gasteiger partial charge in [-0.2, -0.15) is 0 Å². The van der Waals surface area contributed by atoms with Crippen LogP contribution in [-0.4, -0.2) is 30.7 Å². The number of nitrogens with zero attached hydrogens (tertiary/aromatic N) is 2. The Bertz CT molecular complexity index is 354. The molecule has 0 bridgehead atoms. The molecular formula is C11H16ClN3. The summed E-state index contributed by atoms with van der Waals surface area (Å²) in [5, 5.41) is 4.20.